The lowest BCUT2D eigenvalue weighted by Crippen LogP contribution is -2.35. The van der Waals surface area contributed by atoms with Crippen LogP contribution < -0.4 is 16.0 Å². The van der Waals surface area contributed by atoms with Gasteiger partial charge >= 0.3 is 0 Å². The van der Waals surface area contributed by atoms with Gasteiger partial charge in [0.25, 0.3) is 17.5 Å². The third-order valence-corrected chi connectivity index (χ3v) is 6.36. The van der Waals surface area contributed by atoms with Gasteiger partial charge in [0, 0.05) is 59.7 Å². The molecule has 12 nitrogen and oxygen atoms in total. The van der Waals surface area contributed by atoms with Gasteiger partial charge in [0.05, 0.1) is 22.6 Å². The molecule has 0 saturated heterocycles. The molecule has 4 aromatic rings. The van der Waals surface area contributed by atoms with E-state index in [2.05, 4.69) is 21.0 Å². The lowest BCUT2D eigenvalue weighted by Gasteiger charge is -2.16. The number of carbonyl (C=O) groups excluding carboxylic acids is 3. The Bertz CT molecular complexity index is 1620. The quantitative estimate of drug-likeness (QED) is 0.171. The van der Waals surface area contributed by atoms with E-state index in [1.165, 1.54) is 31.3 Å². The van der Waals surface area contributed by atoms with E-state index < -0.39 is 22.3 Å². The van der Waals surface area contributed by atoms with Crippen LogP contribution in [0.1, 0.15) is 41.0 Å². The standard InChI is InChI=1S/C29H30N6O6/c1-29(2,39)11-12-34-17-21-14-25(32-28(38)20-5-4-6-22(13-20)35(40)41)23(15-24(21)33-34)18-7-9-19(10-8-18)27(37)31-16-26(36)30-3/h4-10,13-15,17,39H,11-12,16H2,1-3H3,(H,30,36)(H,31,37)(H,32,38). The Kier molecular flexibility index (Phi) is 8.43. The predicted molar refractivity (Wildman–Crippen MR) is 154 cm³/mol. The first kappa shape index (κ1) is 28.9. The summed E-state index contributed by atoms with van der Waals surface area (Å²) in [6.07, 6.45) is 2.29. The van der Waals surface area contributed by atoms with Gasteiger partial charge in [-0.2, -0.15) is 5.10 Å². The minimum Gasteiger partial charge on any atom is -0.390 e. The summed E-state index contributed by atoms with van der Waals surface area (Å²) >= 11 is 0. The summed E-state index contributed by atoms with van der Waals surface area (Å²) in [5.41, 5.74) is 1.77. The van der Waals surface area contributed by atoms with Crippen molar-refractivity contribution in [1.29, 1.82) is 0 Å². The maximum atomic E-state index is 13.2. The summed E-state index contributed by atoms with van der Waals surface area (Å²) < 4.78 is 1.72. The molecule has 0 saturated carbocycles. The van der Waals surface area contributed by atoms with Gasteiger partial charge in [-0.05, 0) is 56.2 Å². The fourth-order valence-corrected chi connectivity index (χ4v) is 4.08. The number of aliphatic hydroxyl groups is 1. The number of fused-ring (bicyclic) bond motifs is 1. The van der Waals surface area contributed by atoms with Gasteiger partial charge < -0.3 is 21.1 Å². The van der Waals surface area contributed by atoms with Crippen LogP contribution in [-0.2, 0) is 11.3 Å². The molecule has 0 bridgehead atoms. The minimum atomic E-state index is -0.866. The van der Waals surface area contributed by atoms with E-state index in [0.29, 0.717) is 40.9 Å². The van der Waals surface area contributed by atoms with Gasteiger partial charge in [-0.15, -0.1) is 0 Å². The number of likely N-dealkylation sites (N-methyl/N-ethyl adjacent to an activating group) is 1. The largest absolute Gasteiger partial charge is 0.390 e. The molecule has 212 valence electrons. The van der Waals surface area contributed by atoms with Crippen molar-refractivity contribution in [2.75, 3.05) is 18.9 Å². The van der Waals surface area contributed by atoms with Gasteiger partial charge in [0.1, 0.15) is 0 Å². The van der Waals surface area contributed by atoms with Crippen LogP contribution in [0.15, 0.2) is 66.9 Å². The zero-order valence-corrected chi connectivity index (χ0v) is 22.8. The van der Waals surface area contributed by atoms with E-state index in [4.69, 9.17) is 0 Å². The highest BCUT2D eigenvalue weighted by Crippen LogP contribution is 2.33. The molecule has 41 heavy (non-hydrogen) atoms. The average Bonchev–Trinajstić information content (AvgIpc) is 3.35. The number of anilines is 1. The molecule has 1 heterocycles. The Morgan fingerprint density at radius 3 is 2.41 bits per heavy atom. The average molecular weight is 559 g/mol. The van der Waals surface area contributed by atoms with Crippen molar-refractivity contribution in [3.8, 4) is 11.1 Å². The van der Waals surface area contributed by atoms with Gasteiger partial charge in [-0.1, -0.05) is 18.2 Å². The molecule has 0 spiro atoms. The first-order valence-corrected chi connectivity index (χ1v) is 12.8. The fraction of sp³-hybridized carbons (Fsp3) is 0.241. The van der Waals surface area contributed by atoms with E-state index in [9.17, 15) is 29.6 Å². The van der Waals surface area contributed by atoms with Crippen LogP contribution in [0.2, 0.25) is 0 Å². The first-order chi connectivity index (χ1) is 19.4. The number of aromatic nitrogens is 2. The topological polar surface area (TPSA) is 168 Å². The molecule has 1 aromatic heterocycles. The number of aryl methyl sites for hydroxylation is 1. The van der Waals surface area contributed by atoms with Gasteiger partial charge in [-0.3, -0.25) is 29.2 Å². The zero-order valence-electron chi connectivity index (χ0n) is 22.8. The molecule has 0 fully saturated rings. The highest BCUT2D eigenvalue weighted by molar-refractivity contribution is 6.08. The third-order valence-electron chi connectivity index (χ3n) is 6.36. The monoisotopic (exact) mass is 558 g/mol. The molecule has 0 radical (unpaired) electrons. The fourth-order valence-electron chi connectivity index (χ4n) is 4.08. The van der Waals surface area contributed by atoms with Gasteiger partial charge in [-0.25, -0.2) is 0 Å². The summed E-state index contributed by atoms with van der Waals surface area (Å²) in [6, 6.07) is 15.6. The highest BCUT2D eigenvalue weighted by atomic mass is 16.6. The second-order valence-corrected chi connectivity index (χ2v) is 10.1. The lowest BCUT2D eigenvalue weighted by atomic mass is 10.00. The number of non-ortho nitro benzene ring substituents is 1. The Labute approximate surface area is 235 Å². The summed E-state index contributed by atoms with van der Waals surface area (Å²) in [7, 11) is 1.48. The van der Waals surface area contributed by atoms with E-state index in [1.807, 2.05) is 6.20 Å². The van der Waals surface area contributed by atoms with Crippen LogP contribution >= 0.6 is 0 Å². The van der Waals surface area contributed by atoms with Crippen molar-refractivity contribution in [3.63, 3.8) is 0 Å². The number of hydrogen-bond acceptors (Lipinski definition) is 7. The molecule has 4 N–H and O–H groups in total. The summed E-state index contributed by atoms with van der Waals surface area (Å²) in [4.78, 5) is 47.7. The summed E-state index contributed by atoms with van der Waals surface area (Å²) in [6.45, 7) is 3.76. The Hall–Kier alpha value is -5.10. The maximum absolute atomic E-state index is 13.2. The molecule has 0 atom stereocenters. The second kappa shape index (κ2) is 12.0. The Morgan fingerprint density at radius 2 is 1.76 bits per heavy atom. The van der Waals surface area contributed by atoms with Crippen LogP contribution in [0, 0.1) is 10.1 Å². The lowest BCUT2D eigenvalue weighted by molar-refractivity contribution is -0.384. The number of nitrogens with zero attached hydrogens (tertiary/aromatic N) is 3. The van der Waals surface area contributed by atoms with Crippen molar-refractivity contribution in [2.45, 2.75) is 32.4 Å². The van der Waals surface area contributed by atoms with Crippen LogP contribution in [0.25, 0.3) is 22.0 Å². The van der Waals surface area contributed by atoms with Gasteiger partial charge in [0.2, 0.25) is 5.91 Å². The number of nitrogens with one attached hydrogen (secondary N) is 3. The van der Waals surface area contributed by atoms with Crippen LogP contribution in [-0.4, -0.2) is 56.7 Å². The molecule has 3 amide bonds. The van der Waals surface area contributed by atoms with Crippen molar-refractivity contribution in [1.82, 2.24) is 20.4 Å². The Morgan fingerprint density at radius 1 is 1.02 bits per heavy atom. The number of rotatable bonds is 10. The molecule has 0 unspecified atom stereocenters. The molecule has 4 rings (SSSR count). The zero-order chi connectivity index (χ0) is 29.7. The number of nitro groups is 1. The van der Waals surface area contributed by atoms with Crippen LogP contribution in [0.5, 0.6) is 0 Å². The van der Waals surface area contributed by atoms with Crippen molar-refractivity contribution in [2.24, 2.45) is 0 Å². The number of hydrogen-bond donors (Lipinski definition) is 4. The molecule has 3 aromatic carbocycles. The van der Waals surface area contributed by atoms with Crippen molar-refractivity contribution >= 4 is 40.0 Å². The molecule has 0 aliphatic heterocycles. The SMILES string of the molecule is CNC(=O)CNC(=O)c1ccc(-c2cc3nn(CCC(C)(C)O)cc3cc2NC(=O)c2cccc([N+](=O)[O-])c2)cc1. The highest BCUT2D eigenvalue weighted by Gasteiger charge is 2.18. The number of benzene rings is 3. The second-order valence-electron chi connectivity index (χ2n) is 10.1. The normalized spacial score (nSPS) is 11.2. The first-order valence-electron chi connectivity index (χ1n) is 12.8. The van der Waals surface area contributed by atoms with E-state index in [-0.39, 0.29) is 23.7 Å². The number of carbonyl (C=O) groups is 3. The van der Waals surface area contributed by atoms with Crippen LogP contribution in [0.3, 0.4) is 0 Å². The summed E-state index contributed by atoms with van der Waals surface area (Å²) in [5, 5.41) is 34.5. The summed E-state index contributed by atoms with van der Waals surface area (Å²) in [5.74, 6) is -1.27. The maximum Gasteiger partial charge on any atom is 0.270 e. The molecular formula is C29H30N6O6. The molecule has 0 aliphatic rings. The van der Waals surface area contributed by atoms with E-state index in [1.54, 1.807) is 54.9 Å². The number of nitro benzene ring substituents is 1. The van der Waals surface area contributed by atoms with Crippen LogP contribution in [0.4, 0.5) is 11.4 Å². The van der Waals surface area contributed by atoms with Gasteiger partial charge in [0.15, 0.2) is 0 Å². The van der Waals surface area contributed by atoms with Crippen molar-refractivity contribution < 1.29 is 24.4 Å². The smallest absolute Gasteiger partial charge is 0.270 e. The van der Waals surface area contributed by atoms with E-state index >= 15 is 0 Å². The molecule has 12 heteroatoms. The molecular weight excluding hydrogens is 528 g/mol. The molecule has 0 aliphatic carbocycles. The predicted octanol–water partition coefficient (Wildman–Crippen LogP) is 3.50. The number of amides is 3. The van der Waals surface area contributed by atoms with E-state index in [0.717, 1.165) is 5.39 Å². The van der Waals surface area contributed by atoms with Crippen molar-refractivity contribution in [3.05, 3.63) is 88.1 Å². The Balaban J connectivity index is 1.69. The minimum absolute atomic E-state index is 0.120. The third kappa shape index (κ3) is 7.31.